The van der Waals surface area contributed by atoms with Crippen LogP contribution in [-0.4, -0.2) is 29.3 Å². The molecule has 2 aromatic rings. The van der Waals surface area contributed by atoms with Crippen molar-refractivity contribution < 1.29 is 9.53 Å². The van der Waals surface area contributed by atoms with E-state index in [1.165, 1.54) is 0 Å². The molecular formula is C12H13N3O2S. The van der Waals surface area contributed by atoms with Crippen LogP contribution in [0.1, 0.15) is 6.42 Å². The van der Waals surface area contributed by atoms with Crippen molar-refractivity contribution >= 4 is 23.1 Å². The van der Waals surface area contributed by atoms with Gasteiger partial charge in [-0.3, -0.25) is 9.89 Å². The van der Waals surface area contributed by atoms with Gasteiger partial charge in [0.2, 0.25) is 5.91 Å². The first-order chi connectivity index (χ1) is 8.83. The summed E-state index contributed by atoms with van der Waals surface area (Å²) >= 11 is 1.63. The molecule has 0 spiro atoms. The summed E-state index contributed by atoms with van der Waals surface area (Å²) in [6.45, 7) is 1.17. The summed E-state index contributed by atoms with van der Waals surface area (Å²) in [5, 5.41) is 11.8. The molecule has 1 unspecified atom stereocenters. The van der Waals surface area contributed by atoms with Gasteiger partial charge in [0.25, 0.3) is 0 Å². The maximum absolute atomic E-state index is 11.9. The molecule has 18 heavy (non-hydrogen) atoms. The second-order valence-electron chi connectivity index (χ2n) is 4.19. The lowest BCUT2D eigenvalue weighted by atomic mass is 10.1. The van der Waals surface area contributed by atoms with Gasteiger partial charge in [-0.2, -0.15) is 5.10 Å². The van der Waals surface area contributed by atoms with Crippen molar-refractivity contribution in [1.29, 1.82) is 0 Å². The molecule has 1 aliphatic heterocycles. The first kappa shape index (κ1) is 11.4. The van der Waals surface area contributed by atoms with E-state index in [0.29, 0.717) is 19.0 Å². The van der Waals surface area contributed by atoms with Crippen LogP contribution < -0.4 is 5.32 Å². The topological polar surface area (TPSA) is 67.0 Å². The van der Waals surface area contributed by atoms with E-state index in [-0.39, 0.29) is 11.8 Å². The van der Waals surface area contributed by atoms with Crippen molar-refractivity contribution in [3.05, 3.63) is 23.6 Å². The van der Waals surface area contributed by atoms with Gasteiger partial charge in [0.1, 0.15) is 0 Å². The number of anilines is 1. The average Bonchev–Trinajstić information content (AvgIpc) is 3.12. The lowest BCUT2D eigenvalue weighted by molar-refractivity contribution is -0.119. The molecule has 2 N–H and O–H groups in total. The lowest BCUT2D eigenvalue weighted by Gasteiger charge is -2.05. The van der Waals surface area contributed by atoms with Crippen molar-refractivity contribution in [2.24, 2.45) is 5.92 Å². The molecule has 1 amide bonds. The summed E-state index contributed by atoms with van der Waals surface area (Å²) in [6, 6.07) is 5.84. The van der Waals surface area contributed by atoms with E-state index in [1.54, 1.807) is 11.3 Å². The van der Waals surface area contributed by atoms with Gasteiger partial charge in [-0.25, -0.2) is 0 Å². The van der Waals surface area contributed by atoms with E-state index in [1.807, 2.05) is 23.6 Å². The summed E-state index contributed by atoms with van der Waals surface area (Å²) in [6.07, 6.45) is 0.786. The second-order valence-corrected chi connectivity index (χ2v) is 5.14. The minimum Gasteiger partial charge on any atom is -0.381 e. The van der Waals surface area contributed by atoms with Gasteiger partial charge in [0.15, 0.2) is 5.82 Å². The molecule has 5 nitrogen and oxygen atoms in total. The smallest absolute Gasteiger partial charge is 0.231 e. The Labute approximate surface area is 108 Å². The van der Waals surface area contributed by atoms with E-state index in [4.69, 9.17) is 4.74 Å². The molecular weight excluding hydrogens is 250 g/mol. The molecule has 1 atom stereocenters. The summed E-state index contributed by atoms with van der Waals surface area (Å²) in [7, 11) is 0. The Morgan fingerprint density at radius 2 is 2.56 bits per heavy atom. The monoisotopic (exact) mass is 263 g/mol. The largest absolute Gasteiger partial charge is 0.381 e. The maximum Gasteiger partial charge on any atom is 0.231 e. The van der Waals surface area contributed by atoms with Gasteiger partial charge in [0.05, 0.1) is 23.1 Å². The molecule has 1 fully saturated rings. The third-order valence-corrected chi connectivity index (χ3v) is 3.82. The number of carbonyl (C=O) groups excluding carboxylic acids is 1. The summed E-state index contributed by atoms with van der Waals surface area (Å²) < 4.78 is 5.19. The van der Waals surface area contributed by atoms with E-state index < -0.39 is 0 Å². The molecule has 6 heteroatoms. The van der Waals surface area contributed by atoms with Crippen molar-refractivity contribution in [1.82, 2.24) is 10.2 Å². The molecule has 0 aromatic carbocycles. The number of rotatable bonds is 3. The summed E-state index contributed by atoms with van der Waals surface area (Å²) in [5.41, 5.74) is 0.919. The molecule has 1 aliphatic rings. The van der Waals surface area contributed by atoms with Gasteiger partial charge in [-0.05, 0) is 17.9 Å². The van der Waals surface area contributed by atoms with E-state index in [0.717, 1.165) is 17.0 Å². The van der Waals surface area contributed by atoms with Crippen molar-refractivity contribution in [3.8, 4) is 10.6 Å². The summed E-state index contributed by atoms with van der Waals surface area (Å²) in [4.78, 5) is 13.0. The number of ether oxygens (including phenoxy) is 1. The fourth-order valence-corrected chi connectivity index (χ4v) is 2.61. The quantitative estimate of drug-likeness (QED) is 0.891. The van der Waals surface area contributed by atoms with Crippen LogP contribution in [-0.2, 0) is 9.53 Å². The zero-order valence-electron chi connectivity index (χ0n) is 9.68. The Kier molecular flexibility index (Phi) is 3.12. The number of thiophene rings is 1. The minimum atomic E-state index is -0.0492. The van der Waals surface area contributed by atoms with E-state index in [9.17, 15) is 4.79 Å². The zero-order chi connectivity index (χ0) is 12.4. The van der Waals surface area contributed by atoms with Gasteiger partial charge in [0, 0.05) is 12.7 Å². The Morgan fingerprint density at radius 3 is 3.28 bits per heavy atom. The first-order valence-corrected chi connectivity index (χ1v) is 6.69. The fraction of sp³-hybridized carbons (Fsp3) is 0.333. The number of hydrogen-bond acceptors (Lipinski definition) is 4. The Balaban J connectivity index is 1.68. The van der Waals surface area contributed by atoms with Gasteiger partial charge >= 0.3 is 0 Å². The number of amides is 1. The molecule has 0 radical (unpaired) electrons. The highest BCUT2D eigenvalue weighted by molar-refractivity contribution is 7.13. The molecule has 3 rings (SSSR count). The maximum atomic E-state index is 11.9. The third-order valence-electron chi connectivity index (χ3n) is 2.92. The molecule has 0 aliphatic carbocycles. The molecule has 0 saturated carbocycles. The highest BCUT2D eigenvalue weighted by atomic mass is 32.1. The van der Waals surface area contributed by atoms with Crippen molar-refractivity contribution in [2.75, 3.05) is 18.5 Å². The van der Waals surface area contributed by atoms with Crippen LogP contribution >= 0.6 is 11.3 Å². The standard InChI is InChI=1S/C12H13N3O2S/c16-12(8-3-4-17-7-8)13-11-6-9(14-15-11)10-2-1-5-18-10/h1-2,5-6,8H,3-4,7H2,(H2,13,14,15,16). The number of H-pyrrole nitrogens is 1. The number of nitrogens with one attached hydrogen (secondary N) is 2. The van der Waals surface area contributed by atoms with Crippen LogP contribution in [0.25, 0.3) is 10.6 Å². The number of nitrogens with zero attached hydrogens (tertiary/aromatic N) is 1. The number of aromatic nitrogens is 2. The van der Waals surface area contributed by atoms with Gasteiger partial charge < -0.3 is 10.1 Å². The number of carbonyl (C=O) groups is 1. The highest BCUT2D eigenvalue weighted by Crippen LogP contribution is 2.24. The first-order valence-electron chi connectivity index (χ1n) is 5.81. The number of hydrogen-bond donors (Lipinski definition) is 2. The van der Waals surface area contributed by atoms with Crippen LogP contribution in [0.4, 0.5) is 5.82 Å². The van der Waals surface area contributed by atoms with Crippen LogP contribution in [0.2, 0.25) is 0 Å². The Morgan fingerprint density at radius 1 is 1.61 bits per heavy atom. The van der Waals surface area contributed by atoms with Crippen molar-refractivity contribution in [3.63, 3.8) is 0 Å². The molecule has 1 saturated heterocycles. The van der Waals surface area contributed by atoms with Gasteiger partial charge in [-0.15, -0.1) is 11.3 Å². The van der Waals surface area contributed by atoms with E-state index >= 15 is 0 Å². The predicted molar refractivity (Wildman–Crippen MR) is 69.5 cm³/mol. The van der Waals surface area contributed by atoms with Crippen LogP contribution in [0.3, 0.4) is 0 Å². The zero-order valence-corrected chi connectivity index (χ0v) is 10.5. The molecule has 0 bridgehead atoms. The second kappa shape index (κ2) is 4.91. The van der Waals surface area contributed by atoms with Crippen LogP contribution in [0.5, 0.6) is 0 Å². The predicted octanol–water partition coefficient (Wildman–Crippen LogP) is 2.11. The van der Waals surface area contributed by atoms with Crippen LogP contribution in [0.15, 0.2) is 23.6 Å². The van der Waals surface area contributed by atoms with Crippen molar-refractivity contribution in [2.45, 2.75) is 6.42 Å². The van der Waals surface area contributed by atoms with E-state index in [2.05, 4.69) is 15.5 Å². The average molecular weight is 263 g/mol. The molecule has 2 aromatic heterocycles. The molecule has 94 valence electrons. The number of aromatic amines is 1. The lowest BCUT2D eigenvalue weighted by Crippen LogP contribution is -2.22. The Hall–Kier alpha value is -1.66. The van der Waals surface area contributed by atoms with Crippen LogP contribution in [0, 0.1) is 5.92 Å². The summed E-state index contributed by atoms with van der Waals surface area (Å²) in [5.74, 6) is 0.499. The molecule has 3 heterocycles. The SMILES string of the molecule is O=C(Nc1cc(-c2cccs2)[nH]n1)C1CCOC1. The normalized spacial score (nSPS) is 19.0. The highest BCUT2D eigenvalue weighted by Gasteiger charge is 2.24. The fourth-order valence-electron chi connectivity index (χ4n) is 1.91. The van der Waals surface area contributed by atoms with Gasteiger partial charge in [-0.1, -0.05) is 6.07 Å². The minimum absolute atomic E-state index is 0.0169. The Bertz CT molecular complexity index is 529. The third kappa shape index (κ3) is 2.30.